The van der Waals surface area contributed by atoms with Gasteiger partial charge in [-0.05, 0) is 38.1 Å². The van der Waals surface area contributed by atoms with E-state index in [1.165, 1.54) is 0 Å². The first-order valence-electron chi connectivity index (χ1n) is 6.47. The Bertz CT molecular complexity index is 619. The smallest absolute Gasteiger partial charge is 0.285 e. The Morgan fingerprint density at radius 2 is 1.95 bits per heavy atom. The summed E-state index contributed by atoms with van der Waals surface area (Å²) in [6, 6.07) is 7.39. The molecule has 1 aromatic rings. The molecule has 1 N–H and O–H groups in total. The molecule has 19 heavy (non-hydrogen) atoms. The van der Waals surface area contributed by atoms with E-state index in [4.69, 9.17) is 0 Å². The Kier molecular flexibility index (Phi) is 3.06. The zero-order chi connectivity index (χ0) is 13.5. The lowest BCUT2D eigenvalue weighted by Gasteiger charge is -2.32. The van der Waals surface area contributed by atoms with Gasteiger partial charge in [0.15, 0.2) is 5.84 Å². The summed E-state index contributed by atoms with van der Waals surface area (Å²) in [5, 5.41) is 3.31. The molecule has 1 aromatic carbocycles. The maximum absolute atomic E-state index is 12.0. The fourth-order valence-electron chi connectivity index (χ4n) is 2.71. The van der Waals surface area contributed by atoms with Crippen molar-refractivity contribution in [2.75, 3.05) is 20.1 Å². The van der Waals surface area contributed by atoms with Crippen molar-refractivity contribution in [2.45, 2.75) is 23.8 Å². The summed E-state index contributed by atoms with van der Waals surface area (Å²) in [5.74, 6) is 0.586. The summed E-state index contributed by atoms with van der Waals surface area (Å²) in [6.45, 7) is 1.94. The standard InChI is InChI=1S/C13H17N3O2S/c1-16(10-6-8-14-9-7-10)13-11-4-2-3-5-12(11)19(17,18)15-13/h2-5,10,14H,6-9H2,1H3. The van der Waals surface area contributed by atoms with Crippen LogP contribution in [0.15, 0.2) is 33.6 Å². The normalized spacial score (nSPS) is 21.8. The molecule has 0 radical (unpaired) electrons. The average Bonchev–Trinajstić information content (AvgIpc) is 2.72. The minimum absolute atomic E-state index is 0.325. The van der Waals surface area contributed by atoms with Gasteiger partial charge in [-0.3, -0.25) is 0 Å². The summed E-state index contributed by atoms with van der Waals surface area (Å²) in [4.78, 5) is 2.34. The van der Waals surface area contributed by atoms with Crippen LogP contribution in [0.4, 0.5) is 0 Å². The van der Waals surface area contributed by atoms with E-state index >= 15 is 0 Å². The Morgan fingerprint density at radius 3 is 2.68 bits per heavy atom. The van der Waals surface area contributed by atoms with Gasteiger partial charge in [-0.2, -0.15) is 8.42 Å². The first kappa shape index (κ1) is 12.6. The molecule has 0 unspecified atom stereocenters. The highest BCUT2D eigenvalue weighted by Gasteiger charge is 2.32. The third-order valence-corrected chi connectivity index (χ3v) is 5.13. The zero-order valence-electron chi connectivity index (χ0n) is 10.8. The number of nitrogens with one attached hydrogen (secondary N) is 1. The molecule has 3 rings (SSSR count). The fraction of sp³-hybridized carbons (Fsp3) is 0.462. The van der Waals surface area contributed by atoms with Gasteiger partial charge >= 0.3 is 0 Å². The second kappa shape index (κ2) is 4.61. The first-order chi connectivity index (χ1) is 9.09. The first-order valence-corrected chi connectivity index (χ1v) is 7.91. The highest BCUT2D eigenvalue weighted by molar-refractivity contribution is 7.90. The van der Waals surface area contributed by atoms with E-state index in [2.05, 4.69) is 9.71 Å². The molecule has 2 aliphatic heterocycles. The van der Waals surface area contributed by atoms with E-state index in [1.54, 1.807) is 12.1 Å². The van der Waals surface area contributed by atoms with Crippen LogP contribution in [0.2, 0.25) is 0 Å². The molecular formula is C13H17N3O2S. The number of sulfonamides is 1. The number of benzene rings is 1. The van der Waals surface area contributed by atoms with Crippen molar-refractivity contribution in [3.05, 3.63) is 29.8 Å². The third-order valence-electron chi connectivity index (χ3n) is 3.80. The lowest BCUT2D eigenvalue weighted by molar-refractivity contribution is 0.290. The number of nitrogens with zero attached hydrogens (tertiary/aromatic N) is 2. The van der Waals surface area contributed by atoms with Crippen LogP contribution in [0.25, 0.3) is 0 Å². The highest BCUT2D eigenvalue weighted by atomic mass is 32.2. The summed E-state index contributed by atoms with van der Waals surface area (Å²) >= 11 is 0. The van der Waals surface area contributed by atoms with E-state index in [0.29, 0.717) is 16.8 Å². The van der Waals surface area contributed by atoms with Crippen molar-refractivity contribution in [2.24, 2.45) is 4.40 Å². The summed E-state index contributed by atoms with van der Waals surface area (Å²) < 4.78 is 28.0. The van der Waals surface area contributed by atoms with Gasteiger partial charge in [0.1, 0.15) is 4.90 Å². The summed E-state index contributed by atoms with van der Waals surface area (Å²) in [7, 11) is -1.57. The van der Waals surface area contributed by atoms with Gasteiger partial charge in [0.25, 0.3) is 10.0 Å². The second-order valence-electron chi connectivity index (χ2n) is 4.98. The minimum atomic E-state index is -3.51. The van der Waals surface area contributed by atoms with Crippen molar-refractivity contribution in [1.29, 1.82) is 0 Å². The molecule has 0 aliphatic carbocycles. The second-order valence-corrected chi connectivity index (χ2v) is 6.55. The van der Waals surface area contributed by atoms with Gasteiger partial charge in [0.2, 0.25) is 0 Å². The minimum Gasteiger partial charge on any atom is -0.355 e. The molecule has 0 aromatic heterocycles. The lowest BCUT2D eigenvalue weighted by atomic mass is 10.0. The van der Waals surface area contributed by atoms with Crippen molar-refractivity contribution in [3.63, 3.8) is 0 Å². The number of fused-ring (bicyclic) bond motifs is 1. The fourth-order valence-corrected chi connectivity index (χ4v) is 3.95. The Balaban J connectivity index is 1.97. The van der Waals surface area contributed by atoms with Crippen LogP contribution >= 0.6 is 0 Å². The van der Waals surface area contributed by atoms with Crippen molar-refractivity contribution >= 4 is 15.9 Å². The van der Waals surface area contributed by atoms with E-state index in [1.807, 2.05) is 24.1 Å². The predicted molar refractivity (Wildman–Crippen MR) is 73.8 cm³/mol. The number of piperidine rings is 1. The molecule has 2 heterocycles. The third kappa shape index (κ3) is 2.15. The number of amidine groups is 1. The van der Waals surface area contributed by atoms with Crippen molar-refractivity contribution in [1.82, 2.24) is 10.2 Å². The highest BCUT2D eigenvalue weighted by Crippen LogP contribution is 2.28. The van der Waals surface area contributed by atoms with Crippen LogP contribution in [0.1, 0.15) is 18.4 Å². The molecule has 6 heteroatoms. The number of hydrogen-bond acceptors (Lipinski definition) is 4. The summed E-state index contributed by atoms with van der Waals surface area (Å²) in [5.41, 5.74) is 0.725. The monoisotopic (exact) mass is 279 g/mol. The summed E-state index contributed by atoms with van der Waals surface area (Å²) in [6.07, 6.45) is 2.02. The van der Waals surface area contributed by atoms with E-state index in [-0.39, 0.29) is 0 Å². The Labute approximate surface area is 113 Å². The molecule has 0 atom stereocenters. The van der Waals surface area contributed by atoms with Gasteiger partial charge in [-0.1, -0.05) is 12.1 Å². The van der Waals surface area contributed by atoms with E-state index in [0.717, 1.165) is 31.5 Å². The van der Waals surface area contributed by atoms with Gasteiger partial charge in [-0.25, -0.2) is 0 Å². The largest absolute Gasteiger partial charge is 0.355 e. The maximum atomic E-state index is 12.0. The van der Waals surface area contributed by atoms with Crippen LogP contribution in [0.5, 0.6) is 0 Å². The van der Waals surface area contributed by atoms with Crippen LogP contribution in [0.3, 0.4) is 0 Å². The van der Waals surface area contributed by atoms with Crippen LogP contribution in [0, 0.1) is 0 Å². The molecule has 1 saturated heterocycles. The van der Waals surface area contributed by atoms with Crippen molar-refractivity contribution in [3.8, 4) is 0 Å². The molecule has 0 amide bonds. The van der Waals surface area contributed by atoms with Crippen molar-refractivity contribution < 1.29 is 8.42 Å². The number of rotatable bonds is 1. The molecular weight excluding hydrogens is 262 g/mol. The van der Waals surface area contributed by atoms with Crippen LogP contribution in [-0.2, 0) is 10.0 Å². The molecule has 1 fully saturated rings. The van der Waals surface area contributed by atoms with Gasteiger partial charge in [-0.15, -0.1) is 4.40 Å². The van der Waals surface area contributed by atoms with E-state index in [9.17, 15) is 8.42 Å². The van der Waals surface area contributed by atoms with Gasteiger partial charge < -0.3 is 10.2 Å². The van der Waals surface area contributed by atoms with Crippen LogP contribution < -0.4 is 5.32 Å². The molecule has 5 nitrogen and oxygen atoms in total. The Hall–Kier alpha value is -1.40. The Morgan fingerprint density at radius 1 is 1.26 bits per heavy atom. The SMILES string of the molecule is CN(C1=NS(=O)(=O)c2ccccc21)C1CCNCC1. The topological polar surface area (TPSA) is 61.8 Å². The van der Waals surface area contributed by atoms with Gasteiger partial charge in [0, 0.05) is 18.7 Å². The quantitative estimate of drug-likeness (QED) is 0.827. The van der Waals surface area contributed by atoms with Gasteiger partial charge in [0.05, 0.1) is 0 Å². The van der Waals surface area contributed by atoms with Crippen LogP contribution in [-0.4, -0.2) is 45.3 Å². The molecule has 2 aliphatic rings. The average molecular weight is 279 g/mol. The lowest BCUT2D eigenvalue weighted by Crippen LogP contribution is -2.43. The van der Waals surface area contributed by atoms with E-state index < -0.39 is 10.0 Å². The maximum Gasteiger partial charge on any atom is 0.285 e. The molecule has 0 saturated carbocycles. The number of hydrogen-bond donors (Lipinski definition) is 1. The predicted octanol–water partition coefficient (Wildman–Crippen LogP) is 0.819. The zero-order valence-corrected chi connectivity index (χ0v) is 11.7. The molecule has 0 bridgehead atoms. The molecule has 102 valence electrons. The molecule has 0 spiro atoms.